The summed E-state index contributed by atoms with van der Waals surface area (Å²) in [6.07, 6.45) is 1.08. The molecule has 0 spiro atoms. The summed E-state index contributed by atoms with van der Waals surface area (Å²) in [6, 6.07) is 42.6. The third-order valence-electron chi connectivity index (χ3n) is 9.27. The Balaban J connectivity index is 1.23. The molecule has 0 unspecified atom stereocenters. The molecule has 10 rings (SSSR count). The summed E-state index contributed by atoms with van der Waals surface area (Å²) in [6.45, 7) is 4.67. The maximum Gasteiger partial charge on any atom is 0.0547 e. The SMILES string of the molecule is CC1(C)c2ccccc2-c2ccc(Nc3ccc4c(c3)c3c5c6cc(cc5ccc3n4-c3ccccc3)C6)cc21. The van der Waals surface area contributed by atoms with E-state index in [9.17, 15) is 0 Å². The van der Waals surface area contributed by atoms with Crippen LogP contribution < -0.4 is 5.32 Å². The Kier molecular flexibility index (Phi) is 4.21. The van der Waals surface area contributed by atoms with Crippen molar-refractivity contribution in [1.29, 1.82) is 0 Å². The van der Waals surface area contributed by atoms with Crippen LogP contribution in [0.3, 0.4) is 0 Å². The zero-order valence-electron chi connectivity index (χ0n) is 22.6. The highest BCUT2D eigenvalue weighted by Gasteiger charge is 2.35. The van der Waals surface area contributed by atoms with Crippen molar-refractivity contribution in [2.24, 2.45) is 0 Å². The summed E-state index contributed by atoms with van der Waals surface area (Å²) >= 11 is 0. The second kappa shape index (κ2) is 7.64. The summed E-state index contributed by atoms with van der Waals surface area (Å²) in [4.78, 5) is 0. The topological polar surface area (TPSA) is 17.0 Å². The lowest BCUT2D eigenvalue weighted by Gasteiger charge is -2.22. The van der Waals surface area contributed by atoms with E-state index >= 15 is 0 Å². The molecule has 7 aromatic rings. The Morgan fingerprint density at radius 1 is 0.625 bits per heavy atom. The van der Waals surface area contributed by atoms with Gasteiger partial charge >= 0.3 is 0 Å². The molecular formula is C38H28N2. The van der Waals surface area contributed by atoms with E-state index < -0.39 is 0 Å². The van der Waals surface area contributed by atoms with Crippen LogP contribution in [0.1, 0.15) is 36.1 Å². The lowest BCUT2D eigenvalue weighted by atomic mass is 9.82. The fourth-order valence-electron chi connectivity index (χ4n) is 7.34. The third kappa shape index (κ3) is 2.88. The van der Waals surface area contributed by atoms with E-state index in [-0.39, 0.29) is 5.41 Å². The number of nitrogens with one attached hydrogen (secondary N) is 1. The third-order valence-corrected chi connectivity index (χ3v) is 9.27. The Morgan fingerprint density at radius 2 is 1.35 bits per heavy atom. The molecule has 0 saturated carbocycles. The number of hydrogen-bond acceptors (Lipinski definition) is 1. The number of fused-ring (bicyclic) bond motifs is 6. The summed E-state index contributed by atoms with van der Waals surface area (Å²) in [5, 5.41) is 9.16. The zero-order chi connectivity index (χ0) is 26.6. The first-order valence-corrected chi connectivity index (χ1v) is 14.2. The molecular weight excluding hydrogens is 484 g/mol. The van der Waals surface area contributed by atoms with E-state index in [2.05, 4.69) is 139 Å². The molecule has 1 N–H and O–H groups in total. The number of nitrogens with zero attached hydrogens (tertiary/aromatic N) is 1. The summed E-state index contributed by atoms with van der Waals surface area (Å²) in [5.41, 5.74) is 14.3. The fraction of sp³-hybridized carbons (Fsp3) is 0.105. The molecule has 2 heteroatoms. The molecule has 0 amide bonds. The minimum absolute atomic E-state index is 0.0153. The van der Waals surface area contributed by atoms with Crippen LogP contribution in [-0.2, 0) is 11.8 Å². The Labute approximate surface area is 233 Å². The predicted molar refractivity (Wildman–Crippen MR) is 168 cm³/mol. The molecule has 6 aromatic carbocycles. The Bertz CT molecular complexity index is 2180. The van der Waals surface area contributed by atoms with Gasteiger partial charge in [-0.1, -0.05) is 80.6 Å². The molecule has 2 nitrogen and oxygen atoms in total. The van der Waals surface area contributed by atoms with Gasteiger partial charge in [-0.05, 0) is 99.1 Å². The first-order valence-electron chi connectivity index (χ1n) is 14.2. The first-order chi connectivity index (χ1) is 19.6. The van der Waals surface area contributed by atoms with Gasteiger partial charge in [0.05, 0.1) is 11.0 Å². The van der Waals surface area contributed by atoms with Crippen LogP contribution in [0.4, 0.5) is 11.4 Å². The van der Waals surface area contributed by atoms with Crippen LogP contribution in [0.25, 0.3) is 49.4 Å². The van der Waals surface area contributed by atoms with Gasteiger partial charge in [0.15, 0.2) is 0 Å². The molecule has 3 aliphatic rings. The van der Waals surface area contributed by atoms with Crippen molar-refractivity contribution in [2.45, 2.75) is 25.7 Å². The van der Waals surface area contributed by atoms with Crippen LogP contribution in [0, 0.1) is 0 Å². The first kappa shape index (κ1) is 22.0. The molecule has 3 aliphatic carbocycles. The van der Waals surface area contributed by atoms with Crippen LogP contribution in [0.5, 0.6) is 0 Å². The molecule has 0 atom stereocenters. The van der Waals surface area contributed by atoms with Crippen molar-refractivity contribution in [3.63, 3.8) is 0 Å². The maximum atomic E-state index is 3.77. The quantitative estimate of drug-likeness (QED) is 0.249. The number of aromatic nitrogens is 1. The fourth-order valence-corrected chi connectivity index (χ4v) is 7.34. The average Bonchev–Trinajstić information content (AvgIpc) is 3.42. The summed E-state index contributed by atoms with van der Waals surface area (Å²) < 4.78 is 2.42. The molecule has 40 heavy (non-hydrogen) atoms. The lowest BCUT2D eigenvalue weighted by Crippen LogP contribution is -2.15. The minimum atomic E-state index is -0.0153. The van der Waals surface area contributed by atoms with Gasteiger partial charge in [-0.25, -0.2) is 0 Å². The van der Waals surface area contributed by atoms with E-state index in [4.69, 9.17) is 0 Å². The second-order valence-electron chi connectivity index (χ2n) is 11.9. The highest BCUT2D eigenvalue weighted by atomic mass is 15.0. The Hall–Kier alpha value is -4.82. The number of benzene rings is 6. The minimum Gasteiger partial charge on any atom is -0.355 e. The van der Waals surface area contributed by atoms with Crippen molar-refractivity contribution in [3.05, 3.63) is 138 Å². The molecule has 1 heterocycles. The van der Waals surface area contributed by atoms with E-state index in [0.717, 1.165) is 17.8 Å². The molecule has 190 valence electrons. The van der Waals surface area contributed by atoms with Crippen molar-refractivity contribution >= 4 is 44.0 Å². The maximum absolute atomic E-state index is 3.77. The smallest absolute Gasteiger partial charge is 0.0547 e. The van der Waals surface area contributed by atoms with Gasteiger partial charge in [-0.15, -0.1) is 0 Å². The molecule has 2 bridgehead atoms. The van der Waals surface area contributed by atoms with Crippen molar-refractivity contribution in [2.75, 3.05) is 5.32 Å². The molecule has 0 aliphatic heterocycles. The Morgan fingerprint density at radius 3 is 2.23 bits per heavy atom. The van der Waals surface area contributed by atoms with E-state index in [1.54, 1.807) is 0 Å². The van der Waals surface area contributed by atoms with E-state index in [1.807, 2.05) is 0 Å². The summed E-state index contributed by atoms with van der Waals surface area (Å²) in [5.74, 6) is 0. The molecule has 0 radical (unpaired) electrons. The number of para-hydroxylation sites is 1. The molecule has 0 fully saturated rings. The standard InChI is InChI=1S/C38H28N2/c1-38(2)32-11-7-6-10-29(32)30-15-13-27(22-33(30)38)39-26-14-17-34-31(21-26)37-35(40(34)28-8-4-3-5-9-28)16-12-24-18-23-19-25(20-23)36(24)37/h3-19,21-22,39H,20H2,1-2H3. The van der Waals surface area contributed by atoms with Gasteiger partial charge in [0, 0.05) is 33.2 Å². The van der Waals surface area contributed by atoms with E-state index in [1.165, 1.54) is 71.6 Å². The van der Waals surface area contributed by atoms with Crippen LogP contribution >= 0.6 is 0 Å². The van der Waals surface area contributed by atoms with E-state index in [0.29, 0.717) is 0 Å². The number of rotatable bonds is 3. The van der Waals surface area contributed by atoms with Crippen LogP contribution in [0.2, 0.25) is 0 Å². The van der Waals surface area contributed by atoms with Crippen molar-refractivity contribution in [1.82, 2.24) is 4.57 Å². The van der Waals surface area contributed by atoms with Gasteiger partial charge in [-0.2, -0.15) is 0 Å². The van der Waals surface area contributed by atoms with Gasteiger partial charge < -0.3 is 9.88 Å². The normalized spacial score (nSPS) is 14.3. The molecule has 0 saturated heterocycles. The van der Waals surface area contributed by atoms with Gasteiger partial charge in [0.2, 0.25) is 0 Å². The summed E-state index contributed by atoms with van der Waals surface area (Å²) in [7, 11) is 0. The largest absolute Gasteiger partial charge is 0.355 e. The highest BCUT2D eigenvalue weighted by Crippen LogP contribution is 2.49. The van der Waals surface area contributed by atoms with Gasteiger partial charge in [0.1, 0.15) is 0 Å². The molecule has 1 aromatic heterocycles. The zero-order valence-corrected chi connectivity index (χ0v) is 22.6. The number of anilines is 2. The van der Waals surface area contributed by atoms with Gasteiger partial charge in [-0.3, -0.25) is 0 Å². The highest BCUT2D eigenvalue weighted by molar-refractivity contribution is 6.23. The van der Waals surface area contributed by atoms with Crippen molar-refractivity contribution < 1.29 is 0 Å². The number of hydrogen-bond donors (Lipinski definition) is 1. The monoisotopic (exact) mass is 512 g/mol. The average molecular weight is 513 g/mol. The predicted octanol–water partition coefficient (Wildman–Crippen LogP) is 9.89. The van der Waals surface area contributed by atoms with Crippen LogP contribution in [0.15, 0.2) is 115 Å². The second-order valence-corrected chi connectivity index (χ2v) is 11.9. The lowest BCUT2D eigenvalue weighted by molar-refractivity contribution is 0.660. The van der Waals surface area contributed by atoms with Crippen LogP contribution in [-0.4, -0.2) is 4.57 Å². The van der Waals surface area contributed by atoms with Crippen molar-refractivity contribution in [3.8, 4) is 16.8 Å². The van der Waals surface area contributed by atoms with Gasteiger partial charge in [0.25, 0.3) is 0 Å².